The van der Waals surface area contributed by atoms with Gasteiger partial charge in [0.15, 0.2) is 0 Å². The summed E-state index contributed by atoms with van der Waals surface area (Å²) in [5.41, 5.74) is 9.66. The first kappa shape index (κ1) is 19.0. The van der Waals surface area contributed by atoms with Gasteiger partial charge in [-0.1, -0.05) is 0 Å². The highest BCUT2D eigenvalue weighted by Crippen LogP contribution is 2.23. The molecule has 0 bridgehead atoms. The van der Waals surface area contributed by atoms with E-state index in [0.29, 0.717) is 19.6 Å². The molecule has 0 radical (unpaired) electrons. The van der Waals surface area contributed by atoms with Crippen LogP contribution in [-0.4, -0.2) is 56.9 Å². The molecule has 0 saturated carbocycles. The molecule has 8 heteroatoms. The molecule has 8 nitrogen and oxygen atoms in total. The summed E-state index contributed by atoms with van der Waals surface area (Å²) in [7, 11) is 0. The highest BCUT2D eigenvalue weighted by atomic mass is 16.2. The van der Waals surface area contributed by atoms with Gasteiger partial charge in [-0.15, -0.1) is 0 Å². The zero-order valence-electron chi connectivity index (χ0n) is 16.7. The number of pyridine rings is 2. The average molecular weight is 391 g/mol. The van der Waals surface area contributed by atoms with E-state index in [9.17, 15) is 4.79 Å². The number of carbonyl (C=O) groups is 1. The van der Waals surface area contributed by atoms with Gasteiger partial charge >= 0.3 is 0 Å². The second kappa shape index (κ2) is 7.98. The Kier molecular flexibility index (Phi) is 5.24. The molecule has 4 heterocycles. The van der Waals surface area contributed by atoms with Gasteiger partial charge in [0.25, 0.3) is 0 Å². The number of nitrogen functional groups attached to an aromatic ring is 1. The monoisotopic (exact) mass is 391 g/mol. The normalized spacial score (nSPS) is 17.4. The summed E-state index contributed by atoms with van der Waals surface area (Å²) in [5, 5.41) is 0. The summed E-state index contributed by atoms with van der Waals surface area (Å²) >= 11 is 0. The van der Waals surface area contributed by atoms with Crippen LogP contribution < -0.4 is 10.6 Å². The topological polar surface area (TPSA) is 101 Å². The van der Waals surface area contributed by atoms with Crippen molar-refractivity contribution in [2.24, 2.45) is 5.92 Å². The van der Waals surface area contributed by atoms with Gasteiger partial charge < -0.3 is 15.5 Å². The molecule has 1 aliphatic rings. The summed E-state index contributed by atoms with van der Waals surface area (Å²) in [6.45, 7) is 6.38. The van der Waals surface area contributed by atoms with Crippen LogP contribution in [0.25, 0.3) is 11.0 Å². The molecule has 0 spiro atoms. The minimum atomic E-state index is 0.0907. The zero-order chi connectivity index (χ0) is 20.4. The molecule has 2 N–H and O–H groups in total. The number of nitrogens with zero attached hydrogens (tertiary/aromatic N) is 6. The lowest BCUT2D eigenvalue weighted by atomic mass is 9.97. The fourth-order valence-electron chi connectivity index (χ4n) is 3.98. The van der Waals surface area contributed by atoms with Crippen LogP contribution >= 0.6 is 0 Å². The number of hydrogen-bond donors (Lipinski definition) is 1. The van der Waals surface area contributed by atoms with Crippen LogP contribution in [0.3, 0.4) is 0 Å². The SMILES string of the molecule is CC(=O)N1CCN(c2cc(C)nc(N)n2)CC(Cc2ccnc3cccnc23)C1. The number of rotatable bonds is 3. The van der Waals surface area contributed by atoms with Gasteiger partial charge in [-0.2, -0.15) is 4.98 Å². The van der Waals surface area contributed by atoms with Crippen molar-refractivity contribution < 1.29 is 4.79 Å². The molecule has 0 aliphatic carbocycles. The van der Waals surface area contributed by atoms with Crippen LogP contribution in [-0.2, 0) is 11.2 Å². The van der Waals surface area contributed by atoms with E-state index >= 15 is 0 Å². The third kappa shape index (κ3) is 4.26. The number of anilines is 2. The summed E-state index contributed by atoms with van der Waals surface area (Å²) in [4.78, 5) is 33.8. The van der Waals surface area contributed by atoms with Gasteiger partial charge in [0.05, 0.1) is 11.0 Å². The van der Waals surface area contributed by atoms with Crippen molar-refractivity contribution in [2.45, 2.75) is 20.3 Å². The first-order valence-corrected chi connectivity index (χ1v) is 9.80. The van der Waals surface area contributed by atoms with Gasteiger partial charge in [-0.3, -0.25) is 14.8 Å². The minimum absolute atomic E-state index is 0.0907. The zero-order valence-corrected chi connectivity index (χ0v) is 16.7. The van der Waals surface area contributed by atoms with Crippen LogP contribution in [0.15, 0.2) is 36.7 Å². The van der Waals surface area contributed by atoms with E-state index in [4.69, 9.17) is 5.73 Å². The van der Waals surface area contributed by atoms with E-state index in [1.807, 2.05) is 42.3 Å². The lowest BCUT2D eigenvalue weighted by Crippen LogP contribution is -2.34. The third-order valence-electron chi connectivity index (χ3n) is 5.31. The van der Waals surface area contributed by atoms with Crippen LogP contribution in [0.2, 0.25) is 0 Å². The number of aryl methyl sites for hydroxylation is 1. The lowest BCUT2D eigenvalue weighted by Gasteiger charge is -2.25. The number of carbonyl (C=O) groups excluding carboxylic acids is 1. The predicted octanol–water partition coefficient (Wildman–Crippen LogP) is 1.84. The van der Waals surface area contributed by atoms with Crippen LogP contribution in [0.1, 0.15) is 18.2 Å². The third-order valence-corrected chi connectivity index (χ3v) is 5.31. The molecule has 29 heavy (non-hydrogen) atoms. The van der Waals surface area contributed by atoms with Gasteiger partial charge in [0.1, 0.15) is 5.82 Å². The Hall–Kier alpha value is -3.29. The van der Waals surface area contributed by atoms with E-state index in [1.165, 1.54) is 0 Å². The largest absolute Gasteiger partial charge is 0.368 e. The van der Waals surface area contributed by atoms with Gasteiger partial charge in [0, 0.05) is 57.3 Å². The van der Waals surface area contributed by atoms with Crippen molar-refractivity contribution in [1.29, 1.82) is 0 Å². The highest BCUT2D eigenvalue weighted by molar-refractivity contribution is 5.77. The van der Waals surface area contributed by atoms with Gasteiger partial charge in [-0.25, -0.2) is 4.98 Å². The highest BCUT2D eigenvalue weighted by Gasteiger charge is 2.26. The van der Waals surface area contributed by atoms with Crippen molar-refractivity contribution in [3.05, 3.63) is 47.9 Å². The minimum Gasteiger partial charge on any atom is -0.368 e. The maximum absolute atomic E-state index is 12.2. The molecular weight excluding hydrogens is 366 g/mol. The molecule has 1 amide bonds. The Morgan fingerprint density at radius 2 is 2.03 bits per heavy atom. The summed E-state index contributed by atoms with van der Waals surface area (Å²) in [6, 6.07) is 7.83. The van der Waals surface area contributed by atoms with Crippen LogP contribution in [0.4, 0.5) is 11.8 Å². The van der Waals surface area contributed by atoms with Crippen molar-refractivity contribution in [2.75, 3.05) is 36.8 Å². The van der Waals surface area contributed by atoms with Crippen LogP contribution in [0.5, 0.6) is 0 Å². The number of hydrogen-bond acceptors (Lipinski definition) is 7. The number of nitrogens with two attached hydrogens (primary N) is 1. The average Bonchev–Trinajstić information content (AvgIpc) is 2.90. The van der Waals surface area contributed by atoms with E-state index in [-0.39, 0.29) is 17.8 Å². The van der Waals surface area contributed by atoms with Crippen LogP contribution in [0, 0.1) is 12.8 Å². The maximum Gasteiger partial charge on any atom is 0.222 e. The molecule has 1 saturated heterocycles. The molecular formula is C21H25N7O. The Morgan fingerprint density at radius 1 is 1.17 bits per heavy atom. The van der Waals surface area contributed by atoms with E-state index < -0.39 is 0 Å². The molecule has 1 unspecified atom stereocenters. The Morgan fingerprint density at radius 3 is 2.83 bits per heavy atom. The second-order valence-electron chi connectivity index (χ2n) is 7.55. The Labute approximate surface area is 169 Å². The van der Waals surface area contributed by atoms with Crippen molar-refractivity contribution in [1.82, 2.24) is 24.8 Å². The van der Waals surface area contributed by atoms with Crippen molar-refractivity contribution in [3.8, 4) is 0 Å². The lowest BCUT2D eigenvalue weighted by molar-refractivity contribution is -0.129. The maximum atomic E-state index is 12.2. The number of fused-ring (bicyclic) bond motifs is 1. The fourth-order valence-corrected chi connectivity index (χ4v) is 3.98. The molecule has 1 atom stereocenters. The first-order chi connectivity index (χ1) is 14.0. The Balaban J connectivity index is 1.64. The van der Waals surface area contributed by atoms with E-state index in [0.717, 1.165) is 41.1 Å². The predicted molar refractivity (Wildman–Crippen MR) is 112 cm³/mol. The molecule has 150 valence electrons. The summed E-state index contributed by atoms with van der Waals surface area (Å²) in [6.07, 6.45) is 4.42. The van der Waals surface area contributed by atoms with E-state index in [1.54, 1.807) is 13.1 Å². The quantitative estimate of drug-likeness (QED) is 0.727. The smallest absolute Gasteiger partial charge is 0.222 e. The second-order valence-corrected chi connectivity index (χ2v) is 7.55. The van der Waals surface area contributed by atoms with Gasteiger partial charge in [0.2, 0.25) is 11.9 Å². The summed E-state index contributed by atoms with van der Waals surface area (Å²) < 4.78 is 0. The van der Waals surface area contributed by atoms with Gasteiger partial charge in [-0.05, 0) is 43.0 Å². The molecule has 1 fully saturated rings. The molecule has 3 aromatic heterocycles. The van der Waals surface area contributed by atoms with E-state index in [2.05, 4.69) is 24.8 Å². The number of aromatic nitrogens is 4. The molecule has 4 rings (SSSR count). The molecule has 0 aromatic carbocycles. The molecule has 1 aliphatic heterocycles. The van der Waals surface area contributed by atoms with Crippen molar-refractivity contribution in [3.63, 3.8) is 0 Å². The number of amides is 1. The Bertz CT molecular complexity index is 1010. The fraction of sp³-hybridized carbons (Fsp3) is 0.381. The standard InChI is InChI=1S/C21H25N7O/c1-14-10-19(26-21(22)25-14)28-9-8-27(15(2)29)12-16(13-28)11-17-5-7-23-18-4-3-6-24-20(17)18/h3-7,10,16H,8-9,11-13H2,1-2H3,(H2,22,25,26). The first-order valence-electron chi connectivity index (χ1n) is 9.80. The van der Waals surface area contributed by atoms with Crippen molar-refractivity contribution >= 4 is 28.7 Å². The summed E-state index contributed by atoms with van der Waals surface area (Å²) in [5.74, 6) is 1.40. The molecule has 3 aromatic rings.